The van der Waals surface area contributed by atoms with Crippen molar-refractivity contribution in [3.63, 3.8) is 0 Å². The average Bonchev–Trinajstić information content (AvgIpc) is 3.15. The Morgan fingerprint density at radius 3 is 2.58 bits per heavy atom. The van der Waals surface area contributed by atoms with Crippen LogP contribution in [0.3, 0.4) is 0 Å². The van der Waals surface area contributed by atoms with E-state index in [0.29, 0.717) is 0 Å². The van der Waals surface area contributed by atoms with Crippen LogP contribution in [0.2, 0.25) is 0 Å². The highest BCUT2D eigenvalue weighted by atomic mass is 32.2. The van der Waals surface area contributed by atoms with Gasteiger partial charge in [-0.3, -0.25) is 30.6 Å². The summed E-state index contributed by atoms with van der Waals surface area (Å²) < 4.78 is 26.1. The first-order chi connectivity index (χ1) is 12.3. The molecule has 1 aromatic heterocycles. The van der Waals surface area contributed by atoms with Crippen LogP contribution in [0.15, 0.2) is 46.0 Å². The van der Waals surface area contributed by atoms with Crippen LogP contribution >= 0.6 is 11.3 Å². The van der Waals surface area contributed by atoms with Crippen LogP contribution < -0.4 is 15.6 Å². The molecule has 0 aliphatic carbocycles. The van der Waals surface area contributed by atoms with Crippen molar-refractivity contribution < 1.29 is 22.9 Å². The van der Waals surface area contributed by atoms with Gasteiger partial charge in [0, 0.05) is 30.7 Å². The zero-order valence-electron chi connectivity index (χ0n) is 13.2. The van der Waals surface area contributed by atoms with E-state index in [-0.39, 0.29) is 28.4 Å². The number of carbonyl (C=O) groups is 2. The standard InChI is InChI=1S/C14H14N4O6S2/c19-12(6-7-15-26(23,24)13-5-2-8-25-13)16-17-14(20)10-3-1-4-11(9-10)18(21)22/h1-5,8-9,15H,6-7H2,(H,16,19)(H,17,20). The van der Waals surface area contributed by atoms with Gasteiger partial charge in [0.2, 0.25) is 15.9 Å². The number of hydrazine groups is 1. The Kier molecular flexibility index (Phi) is 6.38. The number of hydrogen-bond acceptors (Lipinski definition) is 7. The second-order valence-electron chi connectivity index (χ2n) is 4.89. The molecule has 0 aliphatic rings. The number of non-ortho nitro benzene ring substituents is 1. The summed E-state index contributed by atoms with van der Waals surface area (Å²) in [6, 6.07) is 8.02. The summed E-state index contributed by atoms with van der Waals surface area (Å²) in [4.78, 5) is 33.5. The topological polar surface area (TPSA) is 148 Å². The second-order valence-corrected chi connectivity index (χ2v) is 7.83. The minimum Gasteiger partial charge on any atom is -0.273 e. The molecule has 2 amide bonds. The third kappa shape index (κ3) is 5.34. The van der Waals surface area contributed by atoms with Crippen molar-refractivity contribution in [1.82, 2.24) is 15.6 Å². The van der Waals surface area contributed by atoms with Gasteiger partial charge in [0.15, 0.2) is 0 Å². The van der Waals surface area contributed by atoms with Gasteiger partial charge in [-0.15, -0.1) is 11.3 Å². The Hall–Kier alpha value is -2.83. The lowest BCUT2D eigenvalue weighted by Gasteiger charge is -2.08. The number of nitro groups is 1. The summed E-state index contributed by atoms with van der Waals surface area (Å²) in [6.45, 7) is -0.154. The zero-order chi connectivity index (χ0) is 19.2. The van der Waals surface area contributed by atoms with E-state index >= 15 is 0 Å². The number of rotatable bonds is 7. The summed E-state index contributed by atoms with van der Waals surface area (Å²) in [5.74, 6) is -1.36. The smallest absolute Gasteiger partial charge is 0.270 e. The fourth-order valence-electron chi connectivity index (χ4n) is 1.81. The van der Waals surface area contributed by atoms with Crippen molar-refractivity contribution in [2.45, 2.75) is 10.6 Å². The van der Waals surface area contributed by atoms with Crippen molar-refractivity contribution >= 4 is 38.9 Å². The van der Waals surface area contributed by atoms with E-state index in [1.54, 1.807) is 11.4 Å². The third-order valence-corrected chi connectivity index (χ3v) is 5.90. The van der Waals surface area contributed by atoms with E-state index in [2.05, 4.69) is 15.6 Å². The molecule has 0 unspecified atom stereocenters. The number of nitro benzene ring substituents is 1. The lowest BCUT2D eigenvalue weighted by molar-refractivity contribution is -0.384. The quantitative estimate of drug-likeness (QED) is 0.464. The molecule has 3 N–H and O–H groups in total. The maximum absolute atomic E-state index is 11.9. The molecule has 0 aliphatic heterocycles. The highest BCUT2D eigenvalue weighted by Gasteiger charge is 2.15. The number of benzene rings is 1. The fraction of sp³-hybridized carbons (Fsp3) is 0.143. The maximum atomic E-state index is 11.9. The van der Waals surface area contributed by atoms with E-state index in [9.17, 15) is 28.1 Å². The van der Waals surface area contributed by atoms with E-state index in [1.807, 2.05) is 0 Å². The monoisotopic (exact) mass is 398 g/mol. The Bertz CT molecular complexity index is 911. The third-order valence-electron chi connectivity index (χ3n) is 3.04. The van der Waals surface area contributed by atoms with Crippen LogP contribution in [-0.2, 0) is 14.8 Å². The molecular formula is C14H14N4O6S2. The van der Waals surface area contributed by atoms with Crippen molar-refractivity contribution in [2.24, 2.45) is 0 Å². The van der Waals surface area contributed by atoms with E-state index in [4.69, 9.17) is 0 Å². The van der Waals surface area contributed by atoms with Gasteiger partial charge in [0.1, 0.15) is 4.21 Å². The van der Waals surface area contributed by atoms with Gasteiger partial charge in [-0.25, -0.2) is 13.1 Å². The number of thiophene rings is 1. The Labute approximate surface area is 152 Å². The number of amides is 2. The molecule has 138 valence electrons. The van der Waals surface area contributed by atoms with Crippen molar-refractivity contribution in [3.05, 3.63) is 57.5 Å². The van der Waals surface area contributed by atoms with Gasteiger partial charge < -0.3 is 0 Å². The van der Waals surface area contributed by atoms with E-state index < -0.39 is 26.8 Å². The lowest BCUT2D eigenvalue weighted by Crippen LogP contribution is -2.42. The molecule has 12 heteroatoms. The second kappa shape index (κ2) is 8.51. The summed E-state index contributed by atoms with van der Waals surface area (Å²) in [5.41, 5.74) is 3.95. The maximum Gasteiger partial charge on any atom is 0.270 e. The highest BCUT2D eigenvalue weighted by molar-refractivity contribution is 7.91. The predicted octanol–water partition coefficient (Wildman–Crippen LogP) is 0.786. The van der Waals surface area contributed by atoms with E-state index in [0.717, 1.165) is 17.4 Å². The van der Waals surface area contributed by atoms with Crippen LogP contribution in [0.5, 0.6) is 0 Å². The first-order valence-corrected chi connectivity index (χ1v) is 9.53. The van der Waals surface area contributed by atoms with Gasteiger partial charge in [-0.05, 0) is 17.5 Å². The summed E-state index contributed by atoms with van der Waals surface area (Å²) >= 11 is 1.05. The zero-order valence-corrected chi connectivity index (χ0v) is 14.8. The highest BCUT2D eigenvalue weighted by Crippen LogP contribution is 2.15. The van der Waals surface area contributed by atoms with Crippen LogP contribution in [0.25, 0.3) is 0 Å². The molecular weight excluding hydrogens is 384 g/mol. The SMILES string of the molecule is O=C(CCNS(=O)(=O)c1cccs1)NNC(=O)c1cccc([N+](=O)[O-])c1. The molecule has 0 bridgehead atoms. The average molecular weight is 398 g/mol. The molecule has 0 fully saturated rings. The number of carbonyl (C=O) groups excluding carboxylic acids is 2. The summed E-state index contributed by atoms with van der Waals surface area (Å²) in [6.07, 6.45) is -0.209. The number of sulfonamides is 1. The first kappa shape index (κ1) is 19.5. The van der Waals surface area contributed by atoms with Gasteiger partial charge in [-0.1, -0.05) is 12.1 Å². The van der Waals surface area contributed by atoms with E-state index in [1.165, 1.54) is 24.3 Å². The summed E-state index contributed by atoms with van der Waals surface area (Å²) in [7, 11) is -3.66. The number of nitrogens with zero attached hydrogens (tertiary/aromatic N) is 1. The molecule has 2 aromatic rings. The normalized spacial score (nSPS) is 10.9. The molecule has 0 saturated heterocycles. The minimum absolute atomic E-state index is 0.00195. The lowest BCUT2D eigenvalue weighted by atomic mass is 10.2. The Balaban J connectivity index is 1.79. The molecule has 10 nitrogen and oxygen atoms in total. The predicted molar refractivity (Wildman–Crippen MR) is 92.8 cm³/mol. The van der Waals surface area contributed by atoms with Crippen molar-refractivity contribution in [2.75, 3.05) is 6.54 Å². The van der Waals surface area contributed by atoms with Crippen molar-refractivity contribution in [3.8, 4) is 0 Å². The molecule has 2 rings (SSSR count). The minimum atomic E-state index is -3.66. The van der Waals surface area contributed by atoms with Gasteiger partial charge in [0.05, 0.1) is 4.92 Å². The van der Waals surface area contributed by atoms with Gasteiger partial charge >= 0.3 is 0 Å². The molecule has 0 radical (unpaired) electrons. The van der Waals surface area contributed by atoms with Crippen LogP contribution in [0.1, 0.15) is 16.8 Å². The molecule has 1 aromatic carbocycles. The molecule has 0 saturated carbocycles. The van der Waals surface area contributed by atoms with Crippen LogP contribution in [-0.4, -0.2) is 31.7 Å². The van der Waals surface area contributed by atoms with Crippen LogP contribution in [0.4, 0.5) is 5.69 Å². The molecule has 0 atom stereocenters. The Morgan fingerprint density at radius 1 is 1.15 bits per heavy atom. The van der Waals surface area contributed by atoms with Crippen LogP contribution in [0, 0.1) is 10.1 Å². The fourth-order valence-corrected chi connectivity index (χ4v) is 3.88. The van der Waals surface area contributed by atoms with Crippen molar-refractivity contribution in [1.29, 1.82) is 0 Å². The number of hydrogen-bond donors (Lipinski definition) is 3. The van der Waals surface area contributed by atoms with Gasteiger partial charge in [0.25, 0.3) is 11.6 Å². The largest absolute Gasteiger partial charge is 0.273 e. The first-order valence-electron chi connectivity index (χ1n) is 7.16. The number of nitrogens with one attached hydrogen (secondary N) is 3. The van der Waals surface area contributed by atoms with Gasteiger partial charge in [-0.2, -0.15) is 0 Å². The molecule has 1 heterocycles. The Morgan fingerprint density at radius 2 is 1.92 bits per heavy atom. The molecule has 26 heavy (non-hydrogen) atoms. The molecule has 0 spiro atoms. The summed E-state index contributed by atoms with van der Waals surface area (Å²) in [5, 5.41) is 12.3.